The Balaban J connectivity index is 3.68. The first-order chi connectivity index (χ1) is 9.67. The van der Waals surface area contributed by atoms with Crippen LogP contribution in [0.25, 0.3) is 0 Å². The van der Waals surface area contributed by atoms with E-state index < -0.39 is 6.17 Å². The van der Waals surface area contributed by atoms with Crippen LogP contribution in [0.3, 0.4) is 0 Å². The van der Waals surface area contributed by atoms with Gasteiger partial charge < -0.3 is 0 Å². The lowest BCUT2D eigenvalue weighted by Crippen LogP contribution is -1.94. The number of hydrogen-bond donors (Lipinski definition) is 0. The predicted octanol–water partition coefficient (Wildman–Crippen LogP) is 3.13. The molecule has 0 aliphatic rings. The largest absolute Gasteiger partial charge is 0.237 e. The molecule has 0 fully saturated rings. The van der Waals surface area contributed by atoms with E-state index >= 15 is 0 Å². The van der Waals surface area contributed by atoms with Crippen molar-refractivity contribution in [2.45, 2.75) is 13.1 Å². The Morgan fingerprint density at radius 2 is 1.65 bits per heavy atom. The van der Waals surface area contributed by atoms with Gasteiger partial charge in [0.15, 0.2) is 6.17 Å². The standard InChI is InChI=1S/C12H6N4O2S2/c1-8-2-9(15-6-19)3-10(11(8)16-7-20)12(13-4-17)14-5-18/h2-3,12H,1H3. The van der Waals surface area contributed by atoms with E-state index in [9.17, 15) is 9.59 Å². The van der Waals surface area contributed by atoms with E-state index in [1.165, 1.54) is 18.2 Å². The van der Waals surface area contributed by atoms with Crippen LogP contribution in [-0.2, 0) is 9.59 Å². The van der Waals surface area contributed by atoms with Gasteiger partial charge >= 0.3 is 0 Å². The number of thiocarbonyl (C=S) groups is 2. The Morgan fingerprint density at radius 3 is 2.15 bits per heavy atom. The van der Waals surface area contributed by atoms with Gasteiger partial charge in [-0.2, -0.15) is 20.0 Å². The van der Waals surface area contributed by atoms with Crippen molar-refractivity contribution in [1.29, 1.82) is 0 Å². The third kappa shape index (κ3) is 3.79. The lowest BCUT2D eigenvalue weighted by molar-refractivity contribution is 0.552. The van der Waals surface area contributed by atoms with Crippen LogP contribution in [0, 0.1) is 6.92 Å². The van der Waals surface area contributed by atoms with Gasteiger partial charge in [-0.15, -0.1) is 0 Å². The molecule has 0 saturated carbocycles. The van der Waals surface area contributed by atoms with Crippen LogP contribution in [0.2, 0.25) is 0 Å². The van der Waals surface area contributed by atoms with Crippen LogP contribution in [0.4, 0.5) is 11.4 Å². The van der Waals surface area contributed by atoms with Gasteiger partial charge in [-0.25, -0.2) is 9.59 Å². The van der Waals surface area contributed by atoms with Gasteiger partial charge in [0.2, 0.25) is 12.2 Å². The summed E-state index contributed by atoms with van der Waals surface area (Å²) in [5.74, 6) is 0. The average molecular weight is 302 g/mol. The molecule has 0 bridgehead atoms. The highest BCUT2D eigenvalue weighted by molar-refractivity contribution is 7.78. The first kappa shape index (κ1) is 15.6. The van der Waals surface area contributed by atoms with E-state index in [1.807, 2.05) is 0 Å². The Morgan fingerprint density at radius 1 is 1.05 bits per heavy atom. The quantitative estimate of drug-likeness (QED) is 0.475. The van der Waals surface area contributed by atoms with E-state index in [0.29, 0.717) is 22.5 Å². The summed E-state index contributed by atoms with van der Waals surface area (Å²) < 4.78 is 0. The molecule has 0 heterocycles. The van der Waals surface area contributed by atoms with Crippen LogP contribution in [0.1, 0.15) is 17.3 Å². The minimum atomic E-state index is -1.12. The second-order valence-electron chi connectivity index (χ2n) is 3.42. The molecule has 20 heavy (non-hydrogen) atoms. The highest BCUT2D eigenvalue weighted by atomic mass is 32.1. The molecular weight excluding hydrogens is 296 g/mol. The SMILES string of the molecule is Cc1cc(N=C=S)cc(C(N=C=O)N=C=O)c1N=C=S. The van der Waals surface area contributed by atoms with Crippen molar-refractivity contribution >= 4 is 58.3 Å². The smallest absolute Gasteiger partial charge is 0.211 e. The molecule has 0 spiro atoms. The van der Waals surface area contributed by atoms with Gasteiger partial charge in [-0.3, -0.25) is 0 Å². The number of nitrogens with zero attached hydrogens (tertiary/aromatic N) is 4. The molecule has 0 N–H and O–H groups in total. The summed E-state index contributed by atoms with van der Waals surface area (Å²) in [5.41, 5.74) is 1.88. The lowest BCUT2D eigenvalue weighted by Gasteiger charge is -2.10. The first-order valence-electron chi connectivity index (χ1n) is 5.12. The summed E-state index contributed by atoms with van der Waals surface area (Å²) in [6.45, 7) is 1.74. The zero-order valence-corrected chi connectivity index (χ0v) is 11.8. The molecule has 0 radical (unpaired) electrons. The molecular formula is C12H6N4O2S2. The Labute approximate surface area is 124 Å². The molecule has 8 heteroatoms. The number of aliphatic imine (C=N–C) groups is 4. The van der Waals surface area contributed by atoms with Crippen molar-refractivity contribution in [1.82, 2.24) is 0 Å². The van der Waals surface area contributed by atoms with Gasteiger partial charge in [-0.1, -0.05) is 0 Å². The molecule has 0 atom stereocenters. The molecule has 0 aliphatic heterocycles. The number of carbonyl (C=O) groups excluding carboxylic acids is 2. The van der Waals surface area contributed by atoms with Crippen LogP contribution < -0.4 is 0 Å². The maximum Gasteiger partial charge on any atom is 0.237 e. The van der Waals surface area contributed by atoms with Crippen LogP contribution in [0.5, 0.6) is 0 Å². The van der Waals surface area contributed by atoms with Gasteiger partial charge in [0, 0.05) is 5.56 Å². The minimum absolute atomic E-state index is 0.345. The monoisotopic (exact) mass is 302 g/mol. The molecule has 1 aromatic carbocycles. The molecule has 0 aliphatic carbocycles. The first-order valence-corrected chi connectivity index (χ1v) is 5.93. The highest BCUT2D eigenvalue weighted by Gasteiger charge is 2.17. The fraction of sp³-hybridized carbons (Fsp3) is 0.167. The van der Waals surface area contributed by atoms with Crippen molar-refractivity contribution in [2.75, 3.05) is 0 Å². The normalized spacial score (nSPS) is 10.1. The van der Waals surface area contributed by atoms with E-state index in [0.717, 1.165) is 0 Å². The molecule has 1 aromatic rings. The van der Waals surface area contributed by atoms with Crippen molar-refractivity contribution in [2.24, 2.45) is 20.0 Å². The van der Waals surface area contributed by atoms with Gasteiger partial charge in [0.05, 0.1) is 21.7 Å². The molecule has 6 nitrogen and oxygen atoms in total. The van der Waals surface area contributed by atoms with Gasteiger partial charge in [0.1, 0.15) is 0 Å². The Bertz CT molecular complexity index is 703. The lowest BCUT2D eigenvalue weighted by atomic mass is 10.0. The van der Waals surface area contributed by atoms with E-state index in [4.69, 9.17) is 0 Å². The van der Waals surface area contributed by atoms with Crippen molar-refractivity contribution in [3.05, 3.63) is 23.3 Å². The van der Waals surface area contributed by atoms with E-state index in [-0.39, 0.29) is 0 Å². The molecule has 0 unspecified atom stereocenters. The third-order valence-corrected chi connectivity index (χ3v) is 2.46. The second-order valence-corrected chi connectivity index (χ2v) is 3.79. The van der Waals surface area contributed by atoms with E-state index in [1.54, 1.807) is 13.0 Å². The summed E-state index contributed by atoms with van der Waals surface area (Å²) >= 11 is 9.10. The second kappa shape index (κ2) is 7.89. The summed E-state index contributed by atoms with van der Waals surface area (Å²) in [5, 5.41) is 4.44. The van der Waals surface area contributed by atoms with Crippen LogP contribution in [-0.4, -0.2) is 22.5 Å². The molecule has 98 valence electrons. The van der Waals surface area contributed by atoms with E-state index in [2.05, 4.69) is 54.7 Å². The Hall–Kier alpha value is -2.42. The topological polar surface area (TPSA) is 83.6 Å². The number of hydrogen-bond acceptors (Lipinski definition) is 8. The maximum absolute atomic E-state index is 10.4. The summed E-state index contributed by atoms with van der Waals surface area (Å²) in [7, 11) is 0. The zero-order chi connectivity index (χ0) is 15.0. The Kier molecular flexibility index (Phi) is 6.17. The number of isocyanates is 2. The van der Waals surface area contributed by atoms with Crippen molar-refractivity contribution in [3.63, 3.8) is 0 Å². The average Bonchev–Trinajstić information content (AvgIpc) is 2.42. The molecule has 0 saturated heterocycles. The van der Waals surface area contributed by atoms with Gasteiger partial charge in [0.25, 0.3) is 0 Å². The number of rotatable bonds is 5. The molecule has 1 rings (SSSR count). The van der Waals surface area contributed by atoms with Gasteiger partial charge in [-0.05, 0) is 49.1 Å². The van der Waals surface area contributed by atoms with Crippen LogP contribution in [0.15, 0.2) is 32.1 Å². The summed E-state index contributed by atoms with van der Waals surface area (Å²) in [6.07, 6.45) is 1.56. The van der Waals surface area contributed by atoms with Crippen LogP contribution >= 0.6 is 24.4 Å². The summed E-state index contributed by atoms with van der Waals surface area (Å²) in [4.78, 5) is 35.4. The van der Waals surface area contributed by atoms with Crippen molar-refractivity contribution in [3.8, 4) is 0 Å². The molecule has 0 aromatic heterocycles. The summed E-state index contributed by atoms with van der Waals surface area (Å²) in [6, 6.07) is 3.20. The fourth-order valence-corrected chi connectivity index (χ4v) is 1.76. The number of benzene rings is 1. The maximum atomic E-state index is 10.4. The number of isothiocyanates is 2. The minimum Gasteiger partial charge on any atom is -0.211 e. The predicted molar refractivity (Wildman–Crippen MR) is 79.5 cm³/mol. The fourth-order valence-electron chi connectivity index (χ4n) is 1.57. The number of aryl methyl sites for hydroxylation is 1. The highest BCUT2D eigenvalue weighted by Crippen LogP contribution is 2.35. The van der Waals surface area contributed by atoms with Crippen molar-refractivity contribution < 1.29 is 9.59 Å². The third-order valence-electron chi connectivity index (χ3n) is 2.28. The zero-order valence-electron chi connectivity index (χ0n) is 10.2. The molecule has 0 amide bonds.